The molecular weight excluding hydrogens is 251 g/mol. The SMILES string of the molecule is C1=CC([SiH2]C2C=CC3=C2CCCC3)C2=C1CCCC2.[LiH]. The molecule has 0 saturated carbocycles. The normalized spacial score (nSPS) is 32.0. The van der Waals surface area contributed by atoms with E-state index in [-0.39, 0.29) is 28.4 Å². The van der Waals surface area contributed by atoms with Crippen LogP contribution in [0.15, 0.2) is 46.6 Å². The van der Waals surface area contributed by atoms with E-state index in [1.165, 1.54) is 51.4 Å². The van der Waals surface area contributed by atoms with E-state index in [1.54, 1.807) is 11.1 Å². The summed E-state index contributed by atoms with van der Waals surface area (Å²) in [6, 6.07) is 0. The van der Waals surface area contributed by atoms with Gasteiger partial charge in [-0.25, -0.2) is 0 Å². The molecule has 0 N–H and O–H groups in total. The van der Waals surface area contributed by atoms with Gasteiger partial charge in [0.25, 0.3) is 0 Å². The van der Waals surface area contributed by atoms with Crippen LogP contribution in [-0.2, 0) is 0 Å². The van der Waals surface area contributed by atoms with Gasteiger partial charge in [-0.2, -0.15) is 0 Å². The van der Waals surface area contributed by atoms with Crippen LogP contribution in [0.4, 0.5) is 0 Å². The Morgan fingerprint density at radius 2 is 1.15 bits per heavy atom. The molecule has 2 heteroatoms. The third kappa shape index (κ3) is 2.61. The van der Waals surface area contributed by atoms with Gasteiger partial charge in [-0.3, -0.25) is 0 Å². The second-order valence-electron chi connectivity index (χ2n) is 6.68. The molecule has 4 rings (SSSR count). The Morgan fingerprint density at radius 1 is 0.700 bits per heavy atom. The molecule has 0 heterocycles. The summed E-state index contributed by atoms with van der Waals surface area (Å²) >= 11 is 0. The quantitative estimate of drug-likeness (QED) is 0.670. The molecule has 2 atom stereocenters. The van der Waals surface area contributed by atoms with E-state index in [0.29, 0.717) is 0 Å². The van der Waals surface area contributed by atoms with E-state index in [9.17, 15) is 0 Å². The second-order valence-corrected chi connectivity index (χ2v) is 8.91. The first-order chi connectivity index (χ1) is 9.42. The Balaban J connectivity index is 0.00000121. The van der Waals surface area contributed by atoms with Crippen LogP contribution in [0.2, 0.25) is 11.1 Å². The molecule has 102 valence electrons. The summed E-state index contributed by atoms with van der Waals surface area (Å²) in [6.45, 7) is 0. The molecule has 2 unspecified atom stereocenters. The van der Waals surface area contributed by atoms with Gasteiger partial charge >= 0.3 is 18.9 Å². The van der Waals surface area contributed by atoms with Crippen molar-refractivity contribution >= 4 is 28.4 Å². The molecule has 0 fully saturated rings. The van der Waals surface area contributed by atoms with Crippen molar-refractivity contribution in [2.24, 2.45) is 0 Å². The molecule has 0 radical (unpaired) electrons. The minimum absolute atomic E-state index is 0. The van der Waals surface area contributed by atoms with Gasteiger partial charge in [0.2, 0.25) is 0 Å². The van der Waals surface area contributed by atoms with E-state index in [2.05, 4.69) is 24.3 Å². The first kappa shape index (κ1) is 14.7. The van der Waals surface area contributed by atoms with Crippen molar-refractivity contribution in [2.45, 2.75) is 62.4 Å². The van der Waals surface area contributed by atoms with E-state index in [4.69, 9.17) is 0 Å². The van der Waals surface area contributed by atoms with Gasteiger partial charge in [-0.15, -0.1) is 0 Å². The third-order valence-electron chi connectivity index (χ3n) is 5.57. The number of hydrogen-bond donors (Lipinski definition) is 0. The van der Waals surface area contributed by atoms with Crippen molar-refractivity contribution in [1.29, 1.82) is 0 Å². The van der Waals surface area contributed by atoms with Crippen molar-refractivity contribution in [3.05, 3.63) is 46.6 Å². The zero-order chi connectivity index (χ0) is 12.7. The molecule has 0 saturated heterocycles. The maximum atomic E-state index is 2.57. The summed E-state index contributed by atoms with van der Waals surface area (Å²) in [5.41, 5.74) is 8.97. The van der Waals surface area contributed by atoms with Crippen molar-refractivity contribution in [3.63, 3.8) is 0 Å². The zero-order valence-corrected chi connectivity index (χ0v) is 13.2. The predicted molar refractivity (Wildman–Crippen MR) is 92.5 cm³/mol. The summed E-state index contributed by atoms with van der Waals surface area (Å²) in [6.07, 6.45) is 21.4. The van der Waals surface area contributed by atoms with Crippen molar-refractivity contribution < 1.29 is 0 Å². The summed E-state index contributed by atoms with van der Waals surface area (Å²) in [4.78, 5) is 0. The summed E-state index contributed by atoms with van der Waals surface area (Å²) in [5.74, 6) is 0. The summed E-state index contributed by atoms with van der Waals surface area (Å²) in [7, 11) is -0.0565. The summed E-state index contributed by atoms with van der Waals surface area (Å²) in [5, 5.41) is 0. The van der Waals surface area contributed by atoms with Crippen LogP contribution in [0.1, 0.15) is 51.4 Å². The van der Waals surface area contributed by atoms with Crippen LogP contribution in [0.3, 0.4) is 0 Å². The molecule has 20 heavy (non-hydrogen) atoms. The Labute approximate surface area is 137 Å². The van der Waals surface area contributed by atoms with E-state index in [0.717, 1.165) is 11.1 Å². The fourth-order valence-electron chi connectivity index (χ4n) is 4.54. The van der Waals surface area contributed by atoms with Crippen LogP contribution in [0.25, 0.3) is 0 Å². The number of allylic oxidation sites excluding steroid dienone is 8. The van der Waals surface area contributed by atoms with Crippen molar-refractivity contribution in [3.8, 4) is 0 Å². The zero-order valence-electron chi connectivity index (χ0n) is 11.8. The first-order valence-corrected chi connectivity index (χ1v) is 9.85. The topological polar surface area (TPSA) is 0 Å². The molecule has 0 aromatic heterocycles. The monoisotopic (exact) mass is 276 g/mol. The molecule has 4 aliphatic carbocycles. The van der Waals surface area contributed by atoms with Crippen LogP contribution in [0, 0.1) is 0 Å². The minimum atomic E-state index is -0.0565. The number of rotatable bonds is 2. The molecule has 0 amide bonds. The molecule has 0 aromatic rings. The van der Waals surface area contributed by atoms with Gasteiger partial charge < -0.3 is 0 Å². The van der Waals surface area contributed by atoms with Crippen LogP contribution < -0.4 is 0 Å². The van der Waals surface area contributed by atoms with E-state index < -0.39 is 0 Å². The average molecular weight is 276 g/mol. The van der Waals surface area contributed by atoms with Crippen LogP contribution in [-0.4, -0.2) is 28.4 Å². The molecular formula is C18H25LiSi. The third-order valence-corrected chi connectivity index (χ3v) is 8.12. The van der Waals surface area contributed by atoms with E-state index in [1.807, 2.05) is 11.1 Å². The van der Waals surface area contributed by atoms with Crippen molar-refractivity contribution in [1.82, 2.24) is 0 Å². The molecule has 0 aromatic carbocycles. The standard InChI is InChI=1S/C18H24Si.Li.H/c1-3-7-15-13(5-1)9-11-17(15)19-18-12-10-14-6-2-4-8-16(14)18;;/h9-12,17-18H,1-8,19H2;;. The molecule has 0 nitrogen and oxygen atoms in total. The van der Waals surface area contributed by atoms with Gasteiger partial charge in [0.05, 0.1) is 0 Å². The van der Waals surface area contributed by atoms with Gasteiger partial charge in [0.1, 0.15) is 0 Å². The maximum absolute atomic E-state index is 2.57. The first-order valence-electron chi connectivity index (χ1n) is 8.22. The predicted octanol–water partition coefficient (Wildman–Crippen LogP) is 3.96. The number of hydrogen-bond acceptors (Lipinski definition) is 0. The Bertz CT molecular complexity index is 464. The Kier molecular flexibility index (Phi) is 4.60. The van der Waals surface area contributed by atoms with Gasteiger partial charge in [-0.05, 0) is 73.6 Å². The van der Waals surface area contributed by atoms with Gasteiger partial charge in [0.15, 0.2) is 0 Å². The second kappa shape index (κ2) is 6.26. The summed E-state index contributed by atoms with van der Waals surface area (Å²) < 4.78 is 0. The molecule has 4 aliphatic rings. The van der Waals surface area contributed by atoms with Crippen LogP contribution in [0.5, 0.6) is 0 Å². The fourth-order valence-corrected chi connectivity index (χ4v) is 7.18. The van der Waals surface area contributed by atoms with Gasteiger partial charge in [-0.1, -0.05) is 35.5 Å². The Morgan fingerprint density at radius 3 is 1.65 bits per heavy atom. The van der Waals surface area contributed by atoms with E-state index >= 15 is 0 Å². The molecule has 0 bridgehead atoms. The van der Waals surface area contributed by atoms with Crippen LogP contribution >= 0.6 is 0 Å². The molecule has 0 spiro atoms. The van der Waals surface area contributed by atoms with Crippen molar-refractivity contribution in [2.75, 3.05) is 0 Å². The average Bonchev–Trinajstić information content (AvgIpc) is 3.05. The molecule has 0 aliphatic heterocycles. The Hall–Kier alpha value is -0.226. The fraction of sp³-hybridized carbons (Fsp3) is 0.556. The van der Waals surface area contributed by atoms with Gasteiger partial charge in [0, 0.05) is 9.52 Å².